The predicted molar refractivity (Wildman–Crippen MR) is 110 cm³/mol. The summed E-state index contributed by atoms with van der Waals surface area (Å²) in [5.41, 5.74) is 2.80. The number of rotatable bonds is 7. The number of nitrogens with zero attached hydrogens (tertiary/aromatic N) is 1. The molecule has 0 fully saturated rings. The van der Waals surface area contributed by atoms with Crippen LogP contribution < -0.4 is 21.5 Å². The molecule has 0 aliphatic carbocycles. The van der Waals surface area contributed by atoms with E-state index >= 15 is 0 Å². The number of nitrogens with one attached hydrogen (secondary N) is 4. The number of aromatic amines is 1. The van der Waals surface area contributed by atoms with Crippen LogP contribution in [0, 0.1) is 19.8 Å². The summed E-state index contributed by atoms with van der Waals surface area (Å²) in [5.74, 6) is -0.746. The highest BCUT2D eigenvalue weighted by atomic mass is 16.5. The first-order chi connectivity index (χ1) is 13.9. The minimum atomic E-state index is -0.636. The number of hydrogen-bond donors (Lipinski definition) is 4. The van der Waals surface area contributed by atoms with E-state index in [4.69, 9.17) is 4.74 Å². The molecule has 1 aromatic carbocycles. The van der Waals surface area contributed by atoms with E-state index in [2.05, 4.69) is 25.9 Å². The third-order valence-corrected chi connectivity index (χ3v) is 4.99. The lowest BCUT2D eigenvalue weighted by atomic mass is 9.92. The molecule has 2 aromatic rings. The zero-order valence-electron chi connectivity index (χ0n) is 16.7. The second-order valence-corrected chi connectivity index (χ2v) is 7.05. The summed E-state index contributed by atoms with van der Waals surface area (Å²) in [4.78, 5) is 44.2. The van der Waals surface area contributed by atoms with E-state index in [1.165, 1.54) is 0 Å². The number of fused-ring (bicyclic) bond motifs is 1. The number of H-pyrrole nitrogens is 1. The molecule has 29 heavy (non-hydrogen) atoms. The van der Waals surface area contributed by atoms with Crippen molar-refractivity contribution in [2.75, 3.05) is 36.2 Å². The van der Waals surface area contributed by atoms with Gasteiger partial charge in [-0.05, 0) is 37.5 Å². The van der Waals surface area contributed by atoms with Crippen LogP contribution in [0.2, 0.25) is 0 Å². The number of aromatic nitrogens is 2. The van der Waals surface area contributed by atoms with Crippen molar-refractivity contribution in [3.8, 4) is 0 Å². The number of aryl methyl sites for hydroxylation is 1. The Balaban J connectivity index is 1.69. The largest absolute Gasteiger partial charge is 0.383 e. The first-order valence-corrected chi connectivity index (χ1v) is 9.42. The van der Waals surface area contributed by atoms with Gasteiger partial charge in [0.05, 0.1) is 18.1 Å². The van der Waals surface area contributed by atoms with Crippen LogP contribution in [0.4, 0.5) is 17.5 Å². The molecular weight excluding hydrogens is 374 g/mol. The SMILES string of the molecule is COCCNc1nc2c(c(=O)[nH]1)CC(CC(=O)Nc1cccc(C)c1C)C(=O)N2. The highest BCUT2D eigenvalue weighted by molar-refractivity contribution is 6.00. The van der Waals surface area contributed by atoms with Crippen molar-refractivity contribution < 1.29 is 14.3 Å². The Labute approximate surface area is 168 Å². The van der Waals surface area contributed by atoms with Crippen molar-refractivity contribution in [1.29, 1.82) is 0 Å². The van der Waals surface area contributed by atoms with E-state index in [0.717, 1.165) is 16.8 Å². The van der Waals surface area contributed by atoms with Gasteiger partial charge in [0, 0.05) is 25.8 Å². The molecule has 1 aliphatic rings. The molecule has 154 valence electrons. The summed E-state index contributed by atoms with van der Waals surface area (Å²) >= 11 is 0. The maximum atomic E-state index is 12.5. The number of benzene rings is 1. The van der Waals surface area contributed by atoms with Gasteiger partial charge < -0.3 is 20.7 Å². The lowest BCUT2D eigenvalue weighted by molar-refractivity contribution is -0.125. The van der Waals surface area contributed by atoms with E-state index in [1.54, 1.807) is 7.11 Å². The van der Waals surface area contributed by atoms with Crippen LogP contribution in [-0.2, 0) is 20.7 Å². The van der Waals surface area contributed by atoms with Crippen LogP contribution in [0.3, 0.4) is 0 Å². The Hall–Kier alpha value is -3.20. The standard InChI is InChI=1S/C20H25N5O4/c1-11-5-4-6-15(12(11)2)22-16(26)10-13-9-14-17(23-18(13)27)24-20(25-19(14)28)21-7-8-29-3/h4-6,13H,7-10H2,1-3H3,(H,22,26)(H3,21,23,24,25,27,28). The van der Waals surface area contributed by atoms with Crippen LogP contribution in [0.5, 0.6) is 0 Å². The van der Waals surface area contributed by atoms with Gasteiger partial charge in [-0.25, -0.2) is 0 Å². The third-order valence-electron chi connectivity index (χ3n) is 4.99. The van der Waals surface area contributed by atoms with Crippen molar-refractivity contribution in [3.63, 3.8) is 0 Å². The maximum absolute atomic E-state index is 12.5. The molecule has 3 rings (SSSR count). The van der Waals surface area contributed by atoms with Crippen molar-refractivity contribution in [3.05, 3.63) is 45.2 Å². The van der Waals surface area contributed by atoms with Gasteiger partial charge in [-0.2, -0.15) is 4.98 Å². The molecule has 1 aliphatic heterocycles. The highest BCUT2D eigenvalue weighted by Gasteiger charge is 2.31. The van der Waals surface area contributed by atoms with Crippen molar-refractivity contribution in [2.24, 2.45) is 5.92 Å². The molecule has 1 atom stereocenters. The van der Waals surface area contributed by atoms with E-state index < -0.39 is 5.92 Å². The molecule has 2 amide bonds. The van der Waals surface area contributed by atoms with Gasteiger partial charge in [-0.15, -0.1) is 0 Å². The summed E-state index contributed by atoms with van der Waals surface area (Å²) < 4.78 is 4.94. The Bertz CT molecular complexity index is 985. The van der Waals surface area contributed by atoms with E-state index in [-0.39, 0.29) is 42.0 Å². The number of hydrogen-bond acceptors (Lipinski definition) is 6. The Morgan fingerprint density at radius 1 is 1.31 bits per heavy atom. The van der Waals surface area contributed by atoms with Crippen molar-refractivity contribution in [1.82, 2.24) is 9.97 Å². The van der Waals surface area contributed by atoms with Crippen LogP contribution in [0.25, 0.3) is 0 Å². The van der Waals surface area contributed by atoms with Crippen molar-refractivity contribution in [2.45, 2.75) is 26.7 Å². The molecule has 9 nitrogen and oxygen atoms in total. The molecule has 0 radical (unpaired) electrons. The zero-order chi connectivity index (χ0) is 21.0. The molecule has 0 saturated heterocycles. The molecule has 9 heteroatoms. The van der Waals surface area contributed by atoms with Gasteiger partial charge >= 0.3 is 0 Å². The lowest BCUT2D eigenvalue weighted by Crippen LogP contribution is -2.37. The van der Waals surface area contributed by atoms with Gasteiger partial charge in [0.25, 0.3) is 5.56 Å². The fourth-order valence-corrected chi connectivity index (χ4v) is 3.18. The number of carbonyl (C=O) groups is 2. The minimum absolute atomic E-state index is 0.0219. The number of methoxy groups -OCH3 is 1. The lowest BCUT2D eigenvalue weighted by Gasteiger charge is -2.23. The molecule has 2 heterocycles. The highest BCUT2D eigenvalue weighted by Crippen LogP contribution is 2.25. The first-order valence-electron chi connectivity index (χ1n) is 9.42. The minimum Gasteiger partial charge on any atom is -0.383 e. The number of ether oxygens (including phenoxy) is 1. The zero-order valence-corrected chi connectivity index (χ0v) is 16.7. The van der Waals surface area contributed by atoms with Gasteiger partial charge in [-0.3, -0.25) is 19.4 Å². The second kappa shape index (κ2) is 8.87. The topological polar surface area (TPSA) is 125 Å². The van der Waals surface area contributed by atoms with Gasteiger partial charge in [0.2, 0.25) is 17.8 Å². The first kappa shape index (κ1) is 20.5. The summed E-state index contributed by atoms with van der Waals surface area (Å²) in [7, 11) is 1.57. The maximum Gasteiger partial charge on any atom is 0.257 e. The van der Waals surface area contributed by atoms with E-state index in [9.17, 15) is 14.4 Å². The fourth-order valence-electron chi connectivity index (χ4n) is 3.18. The van der Waals surface area contributed by atoms with Gasteiger partial charge in [0.15, 0.2) is 0 Å². The van der Waals surface area contributed by atoms with Crippen LogP contribution in [-0.4, -0.2) is 42.0 Å². The Kier molecular flexibility index (Phi) is 6.28. The Morgan fingerprint density at radius 2 is 2.10 bits per heavy atom. The molecule has 1 unspecified atom stereocenters. The van der Waals surface area contributed by atoms with Crippen LogP contribution in [0.1, 0.15) is 23.1 Å². The van der Waals surface area contributed by atoms with Crippen LogP contribution >= 0.6 is 0 Å². The van der Waals surface area contributed by atoms with Crippen molar-refractivity contribution >= 4 is 29.3 Å². The summed E-state index contributed by atoms with van der Waals surface area (Å²) in [6.45, 7) is 4.81. The molecular formula is C20H25N5O4. The number of carbonyl (C=O) groups excluding carboxylic acids is 2. The molecule has 0 bridgehead atoms. The smallest absolute Gasteiger partial charge is 0.257 e. The molecule has 4 N–H and O–H groups in total. The normalized spacial score (nSPS) is 15.4. The summed E-state index contributed by atoms with van der Waals surface area (Å²) in [6, 6.07) is 5.66. The molecule has 0 spiro atoms. The fraction of sp³-hybridized carbons (Fsp3) is 0.400. The molecule has 0 saturated carbocycles. The summed E-state index contributed by atoms with van der Waals surface area (Å²) in [5, 5.41) is 8.43. The Morgan fingerprint density at radius 3 is 2.86 bits per heavy atom. The average molecular weight is 399 g/mol. The monoisotopic (exact) mass is 399 g/mol. The van der Waals surface area contributed by atoms with Gasteiger partial charge in [0.1, 0.15) is 5.82 Å². The van der Waals surface area contributed by atoms with E-state index in [0.29, 0.717) is 18.7 Å². The third kappa shape index (κ3) is 4.80. The average Bonchev–Trinajstić information content (AvgIpc) is 2.67. The van der Waals surface area contributed by atoms with E-state index in [1.807, 2.05) is 32.0 Å². The quantitative estimate of drug-likeness (QED) is 0.524. The number of amides is 2. The second-order valence-electron chi connectivity index (χ2n) is 7.05. The number of anilines is 3. The summed E-state index contributed by atoms with van der Waals surface area (Å²) in [6.07, 6.45) is 0.133. The van der Waals surface area contributed by atoms with Gasteiger partial charge in [-0.1, -0.05) is 12.1 Å². The molecule has 1 aromatic heterocycles. The van der Waals surface area contributed by atoms with Crippen LogP contribution in [0.15, 0.2) is 23.0 Å². The predicted octanol–water partition coefficient (Wildman–Crippen LogP) is 1.58.